The SMILES string of the molecule is CC(=C\C(=O)O)/C=C1\CCCC(C)C1C. The molecule has 2 atom stereocenters. The molecule has 0 aromatic heterocycles. The van der Waals surface area contributed by atoms with Crippen LogP contribution in [0.2, 0.25) is 0 Å². The Balaban J connectivity index is 2.77. The van der Waals surface area contributed by atoms with E-state index in [9.17, 15) is 4.79 Å². The predicted octanol–water partition coefficient (Wildman–Crippen LogP) is 3.40. The van der Waals surface area contributed by atoms with Gasteiger partial charge in [0, 0.05) is 6.08 Å². The molecule has 0 aromatic rings. The third-order valence-corrected chi connectivity index (χ3v) is 3.33. The minimum Gasteiger partial charge on any atom is -0.478 e. The third kappa shape index (κ3) is 3.54. The van der Waals surface area contributed by atoms with Gasteiger partial charge in [0.1, 0.15) is 0 Å². The monoisotopic (exact) mass is 208 g/mol. The van der Waals surface area contributed by atoms with E-state index in [0.29, 0.717) is 5.92 Å². The number of allylic oxidation sites excluding steroid dienone is 3. The number of rotatable bonds is 2. The van der Waals surface area contributed by atoms with Crippen LogP contribution in [0.15, 0.2) is 23.3 Å². The zero-order chi connectivity index (χ0) is 11.4. The van der Waals surface area contributed by atoms with Crippen molar-refractivity contribution >= 4 is 5.97 Å². The molecule has 2 unspecified atom stereocenters. The molecule has 0 aromatic carbocycles. The summed E-state index contributed by atoms with van der Waals surface area (Å²) in [6, 6.07) is 0. The first-order valence-electron chi connectivity index (χ1n) is 5.62. The van der Waals surface area contributed by atoms with Crippen LogP contribution in [0.25, 0.3) is 0 Å². The zero-order valence-corrected chi connectivity index (χ0v) is 9.79. The van der Waals surface area contributed by atoms with E-state index in [0.717, 1.165) is 17.9 Å². The molecule has 0 heterocycles. The highest BCUT2D eigenvalue weighted by Gasteiger charge is 2.21. The highest BCUT2D eigenvalue weighted by molar-refractivity contribution is 5.81. The minimum absolute atomic E-state index is 0.593. The number of carbonyl (C=O) groups is 1. The molecule has 1 N–H and O–H groups in total. The molecule has 1 aliphatic carbocycles. The molecular formula is C13H20O2. The molecule has 0 bridgehead atoms. The van der Waals surface area contributed by atoms with Gasteiger partial charge in [-0.05, 0) is 43.6 Å². The average molecular weight is 208 g/mol. The number of aliphatic carboxylic acids is 1. The maximum Gasteiger partial charge on any atom is 0.328 e. The van der Waals surface area contributed by atoms with E-state index < -0.39 is 5.97 Å². The molecule has 0 radical (unpaired) electrons. The molecular weight excluding hydrogens is 188 g/mol. The lowest BCUT2D eigenvalue weighted by molar-refractivity contribution is -0.131. The lowest BCUT2D eigenvalue weighted by Crippen LogP contribution is -2.16. The number of carboxylic acids is 1. The van der Waals surface area contributed by atoms with Gasteiger partial charge in [0.05, 0.1) is 0 Å². The van der Waals surface area contributed by atoms with Crippen LogP contribution in [0.5, 0.6) is 0 Å². The van der Waals surface area contributed by atoms with Crippen LogP contribution in [0.3, 0.4) is 0 Å². The first-order valence-corrected chi connectivity index (χ1v) is 5.62. The van der Waals surface area contributed by atoms with Crippen molar-refractivity contribution in [2.24, 2.45) is 11.8 Å². The van der Waals surface area contributed by atoms with E-state index in [1.807, 2.05) is 6.92 Å². The molecule has 2 nitrogen and oxygen atoms in total. The molecule has 0 saturated heterocycles. The summed E-state index contributed by atoms with van der Waals surface area (Å²) in [6.07, 6.45) is 6.97. The Hall–Kier alpha value is -1.05. The van der Waals surface area contributed by atoms with Gasteiger partial charge in [0.25, 0.3) is 0 Å². The Morgan fingerprint density at radius 3 is 2.73 bits per heavy atom. The number of hydrogen-bond donors (Lipinski definition) is 1. The van der Waals surface area contributed by atoms with Crippen LogP contribution < -0.4 is 0 Å². The van der Waals surface area contributed by atoms with E-state index in [1.54, 1.807) is 0 Å². The normalized spacial score (nSPS) is 30.6. The first-order chi connectivity index (χ1) is 7.00. The molecule has 0 amide bonds. The van der Waals surface area contributed by atoms with Gasteiger partial charge >= 0.3 is 5.97 Å². The fourth-order valence-corrected chi connectivity index (χ4v) is 2.20. The molecule has 2 heteroatoms. The summed E-state index contributed by atoms with van der Waals surface area (Å²) in [6.45, 7) is 6.37. The van der Waals surface area contributed by atoms with Crippen molar-refractivity contribution in [3.05, 3.63) is 23.3 Å². The van der Waals surface area contributed by atoms with E-state index in [4.69, 9.17) is 5.11 Å². The Bertz CT molecular complexity index is 300. The van der Waals surface area contributed by atoms with Crippen molar-refractivity contribution in [3.63, 3.8) is 0 Å². The zero-order valence-electron chi connectivity index (χ0n) is 9.79. The minimum atomic E-state index is -0.860. The van der Waals surface area contributed by atoms with E-state index in [1.165, 1.54) is 24.5 Å². The fourth-order valence-electron chi connectivity index (χ4n) is 2.20. The molecule has 1 rings (SSSR count). The van der Waals surface area contributed by atoms with E-state index in [-0.39, 0.29) is 0 Å². The summed E-state index contributed by atoms with van der Waals surface area (Å²) in [7, 11) is 0. The Morgan fingerprint density at radius 2 is 2.13 bits per heavy atom. The maximum absolute atomic E-state index is 10.5. The molecule has 0 aliphatic heterocycles. The van der Waals surface area contributed by atoms with Crippen LogP contribution >= 0.6 is 0 Å². The van der Waals surface area contributed by atoms with E-state index >= 15 is 0 Å². The van der Waals surface area contributed by atoms with Crippen molar-refractivity contribution < 1.29 is 9.90 Å². The maximum atomic E-state index is 10.5. The molecule has 1 aliphatic rings. The third-order valence-electron chi connectivity index (χ3n) is 3.33. The first kappa shape index (κ1) is 12.0. The van der Waals surface area contributed by atoms with Crippen LogP contribution in [0.1, 0.15) is 40.0 Å². The fraction of sp³-hybridized carbons (Fsp3) is 0.615. The molecule has 1 fully saturated rings. The smallest absolute Gasteiger partial charge is 0.328 e. The van der Waals surface area contributed by atoms with Gasteiger partial charge in [-0.15, -0.1) is 0 Å². The molecule has 15 heavy (non-hydrogen) atoms. The second-order valence-electron chi connectivity index (χ2n) is 4.60. The Morgan fingerprint density at radius 1 is 1.47 bits per heavy atom. The Labute approximate surface area is 91.7 Å². The van der Waals surface area contributed by atoms with E-state index in [2.05, 4.69) is 19.9 Å². The summed E-state index contributed by atoms with van der Waals surface area (Å²) in [4.78, 5) is 10.5. The van der Waals surface area contributed by atoms with Gasteiger partial charge in [-0.3, -0.25) is 0 Å². The second kappa shape index (κ2) is 5.15. The predicted molar refractivity (Wildman–Crippen MR) is 61.7 cm³/mol. The van der Waals surface area contributed by atoms with Gasteiger partial charge in [-0.25, -0.2) is 4.79 Å². The number of hydrogen-bond acceptors (Lipinski definition) is 1. The highest BCUT2D eigenvalue weighted by atomic mass is 16.4. The van der Waals surface area contributed by atoms with Gasteiger partial charge < -0.3 is 5.11 Å². The summed E-state index contributed by atoms with van der Waals surface area (Å²) < 4.78 is 0. The topological polar surface area (TPSA) is 37.3 Å². The van der Waals surface area contributed by atoms with Crippen molar-refractivity contribution in [3.8, 4) is 0 Å². The largest absolute Gasteiger partial charge is 0.478 e. The quantitative estimate of drug-likeness (QED) is 0.706. The second-order valence-corrected chi connectivity index (χ2v) is 4.60. The molecule has 84 valence electrons. The van der Waals surface area contributed by atoms with Crippen molar-refractivity contribution in [1.29, 1.82) is 0 Å². The summed E-state index contributed by atoms with van der Waals surface area (Å²) in [5.41, 5.74) is 2.25. The summed E-state index contributed by atoms with van der Waals surface area (Å²) in [5.74, 6) is 0.458. The Kier molecular flexibility index (Phi) is 4.13. The molecule has 1 saturated carbocycles. The lowest BCUT2D eigenvalue weighted by Gasteiger charge is -2.28. The highest BCUT2D eigenvalue weighted by Crippen LogP contribution is 2.34. The lowest BCUT2D eigenvalue weighted by atomic mass is 9.77. The average Bonchev–Trinajstić information content (AvgIpc) is 2.11. The number of carboxylic acid groups (broad SMARTS) is 1. The van der Waals surface area contributed by atoms with Gasteiger partial charge in [0.2, 0.25) is 0 Å². The van der Waals surface area contributed by atoms with Crippen LogP contribution in [0.4, 0.5) is 0 Å². The van der Waals surface area contributed by atoms with Crippen LogP contribution in [0, 0.1) is 11.8 Å². The molecule has 0 spiro atoms. The van der Waals surface area contributed by atoms with Crippen molar-refractivity contribution in [2.75, 3.05) is 0 Å². The standard InChI is InChI=1S/C13H20O2/c1-9(8-13(14)15)7-12-6-4-5-10(2)11(12)3/h7-8,10-11H,4-6H2,1-3H3,(H,14,15)/b9-8+,12-7+. The van der Waals surface area contributed by atoms with Gasteiger partial charge in [-0.2, -0.15) is 0 Å². The van der Waals surface area contributed by atoms with Crippen LogP contribution in [-0.2, 0) is 4.79 Å². The van der Waals surface area contributed by atoms with Gasteiger partial charge in [0.15, 0.2) is 0 Å². The van der Waals surface area contributed by atoms with Crippen LogP contribution in [-0.4, -0.2) is 11.1 Å². The van der Waals surface area contributed by atoms with Crippen molar-refractivity contribution in [2.45, 2.75) is 40.0 Å². The van der Waals surface area contributed by atoms with Crippen molar-refractivity contribution in [1.82, 2.24) is 0 Å². The van der Waals surface area contributed by atoms with Gasteiger partial charge in [-0.1, -0.05) is 25.5 Å². The summed E-state index contributed by atoms with van der Waals surface area (Å²) in [5, 5.41) is 8.63. The summed E-state index contributed by atoms with van der Waals surface area (Å²) >= 11 is 0.